The minimum Gasteiger partial charge on any atom is -0.388 e. The quantitative estimate of drug-likeness (QED) is 0.571. The standard InChI is InChI=1S/C16H25N3O/c1-3-12(2)13-5-7-14(8-6-13)19-15(17)18-11-16(20)9-4-10-16/h5-8,12,20H,3-4,9-11H2,1-2H3,(H3,17,18,19). The van der Waals surface area contributed by atoms with Crippen molar-refractivity contribution in [3.8, 4) is 0 Å². The summed E-state index contributed by atoms with van der Waals surface area (Å²) in [4.78, 5) is 4.22. The summed E-state index contributed by atoms with van der Waals surface area (Å²) in [6.07, 6.45) is 3.87. The van der Waals surface area contributed by atoms with E-state index in [0.717, 1.165) is 31.4 Å². The lowest BCUT2D eigenvalue weighted by Gasteiger charge is -2.34. The summed E-state index contributed by atoms with van der Waals surface area (Å²) in [5, 5.41) is 13.0. The number of nitrogens with one attached hydrogen (secondary N) is 1. The summed E-state index contributed by atoms with van der Waals surface area (Å²) in [6.45, 7) is 4.79. The van der Waals surface area contributed by atoms with Crippen molar-refractivity contribution < 1.29 is 5.11 Å². The summed E-state index contributed by atoms with van der Waals surface area (Å²) >= 11 is 0. The second-order valence-electron chi connectivity index (χ2n) is 5.84. The molecular formula is C16H25N3O. The summed E-state index contributed by atoms with van der Waals surface area (Å²) in [7, 11) is 0. The lowest BCUT2D eigenvalue weighted by Crippen LogP contribution is -2.41. The molecule has 4 N–H and O–H groups in total. The van der Waals surface area contributed by atoms with Crippen LogP contribution in [0.3, 0.4) is 0 Å². The molecule has 20 heavy (non-hydrogen) atoms. The van der Waals surface area contributed by atoms with Gasteiger partial charge in [-0.05, 0) is 49.3 Å². The third-order valence-corrected chi connectivity index (χ3v) is 4.19. The monoisotopic (exact) mass is 275 g/mol. The van der Waals surface area contributed by atoms with Gasteiger partial charge in [0.25, 0.3) is 0 Å². The highest BCUT2D eigenvalue weighted by Gasteiger charge is 2.33. The van der Waals surface area contributed by atoms with E-state index in [4.69, 9.17) is 5.73 Å². The lowest BCUT2D eigenvalue weighted by atomic mass is 9.80. The van der Waals surface area contributed by atoms with Crippen molar-refractivity contribution in [2.24, 2.45) is 10.7 Å². The van der Waals surface area contributed by atoms with Gasteiger partial charge in [-0.1, -0.05) is 26.0 Å². The van der Waals surface area contributed by atoms with E-state index in [0.29, 0.717) is 18.4 Å². The predicted molar refractivity (Wildman–Crippen MR) is 84.1 cm³/mol. The molecule has 1 aromatic carbocycles. The van der Waals surface area contributed by atoms with Gasteiger partial charge < -0.3 is 16.2 Å². The van der Waals surface area contributed by atoms with Crippen LogP contribution in [0.4, 0.5) is 5.69 Å². The molecule has 0 amide bonds. The molecule has 0 spiro atoms. The van der Waals surface area contributed by atoms with Crippen molar-refractivity contribution in [2.75, 3.05) is 11.9 Å². The van der Waals surface area contributed by atoms with E-state index >= 15 is 0 Å². The van der Waals surface area contributed by atoms with Crippen LogP contribution in [0.25, 0.3) is 0 Å². The maximum Gasteiger partial charge on any atom is 0.193 e. The van der Waals surface area contributed by atoms with Crippen LogP contribution in [0.15, 0.2) is 29.3 Å². The molecule has 0 heterocycles. The van der Waals surface area contributed by atoms with E-state index < -0.39 is 5.60 Å². The molecule has 4 heteroatoms. The number of rotatable bonds is 5. The molecule has 0 bridgehead atoms. The van der Waals surface area contributed by atoms with Crippen LogP contribution < -0.4 is 11.1 Å². The maximum absolute atomic E-state index is 9.96. The molecule has 2 rings (SSSR count). The van der Waals surface area contributed by atoms with Gasteiger partial charge >= 0.3 is 0 Å². The molecule has 0 aliphatic heterocycles. The normalized spacial score (nSPS) is 19.2. The Morgan fingerprint density at radius 3 is 2.55 bits per heavy atom. The zero-order valence-corrected chi connectivity index (χ0v) is 12.4. The minimum absolute atomic E-state index is 0.363. The molecule has 1 aliphatic rings. The van der Waals surface area contributed by atoms with E-state index in [-0.39, 0.29) is 0 Å². The molecule has 110 valence electrons. The number of nitrogens with two attached hydrogens (primary N) is 1. The van der Waals surface area contributed by atoms with E-state index in [2.05, 4.69) is 36.3 Å². The second-order valence-corrected chi connectivity index (χ2v) is 5.84. The molecule has 0 saturated heterocycles. The average Bonchev–Trinajstić information content (AvgIpc) is 2.43. The van der Waals surface area contributed by atoms with Crippen molar-refractivity contribution in [2.45, 2.75) is 51.0 Å². The van der Waals surface area contributed by atoms with Crippen molar-refractivity contribution in [3.63, 3.8) is 0 Å². The fraction of sp³-hybridized carbons (Fsp3) is 0.562. The smallest absolute Gasteiger partial charge is 0.193 e. The number of hydrogen-bond acceptors (Lipinski definition) is 2. The largest absolute Gasteiger partial charge is 0.388 e. The van der Waals surface area contributed by atoms with Crippen molar-refractivity contribution in [3.05, 3.63) is 29.8 Å². The molecule has 0 radical (unpaired) electrons. The fourth-order valence-corrected chi connectivity index (χ4v) is 2.29. The average molecular weight is 275 g/mol. The first-order valence-corrected chi connectivity index (χ1v) is 7.42. The van der Waals surface area contributed by atoms with E-state index in [1.54, 1.807) is 0 Å². The Morgan fingerprint density at radius 2 is 2.05 bits per heavy atom. The highest BCUT2D eigenvalue weighted by molar-refractivity contribution is 5.92. The highest BCUT2D eigenvalue weighted by Crippen LogP contribution is 2.31. The molecule has 1 unspecified atom stereocenters. The fourth-order valence-electron chi connectivity index (χ4n) is 2.29. The predicted octanol–water partition coefficient (Wildman–Crippen LogP) is 2.84. The number of hydrogen-bond donors (Lipinski definition) is 3. The van der Waals surface area contributed by atoms with Crippen LogP contribution in [0.2, 0.25) is 0 Å². The summed E-state index contributed by atoms with van der Waals surface area (Å²) < 4.78 is 0. The summed E-state index contributed by atoms with van der Waals surface area (Å²) in [6, 6.07) is 8.26. The first-order valence-electron chi connectivity index (χ1n) is 7.42. The van der Waals surface area contributed by atoms with Crippen LogP contribution in [0.1, 0.15) is 51.0 Å². The molecule has 0 aromatic heterocycles. The highest BCUT2D eigenvalue weighted by atomic mass is 16.3. The van der Waals surface area contributed by atoms with E-state index in [9.17, 15) is 5.11 Å². The van der Waals surface area contributed by atoms with Gasteiger partial charge in [0.05, 0.1) is 12.1 Å². The van der Waals surface area contributed by atoms with Crippen molar-refractivity contribution >= 4 is 11.6 Å². The van der Waals surface area contributed by atoms with Crippen LogP contribution in [0, 0.1) is 0 Å². The zero-order valence-electron chi connectivity index (χ0n) is 12.4. The van der Waals surface area contributed by atoms with Gasteiger partial charge in [-0.3, -0.25) is 4.99 Å². The summed E-state index contributed by atoms with van der Waals surface area (Å²) in [5.74, 6) is 0.935. The molecule has 4 nitrogen and oxygen atoms in total. The van der Waals surface area contributed by atoms with Crippen molar-refractivity contribution in [1.82, 2.24) is 0 Å². The number of benzene rings is 1. The first kappa shape index (κ1) is 14.9. The van der Waals surface area contributed by atoms with E-state index in [1.807, 2.05) is 12.1 Å². The van der Waals surface area contributed by atoms with Gasteiger partial charge in [0.1, 0.15) is 0 Å². The van der Waals surface area contributed by atoms with Crippen LogP contribution in [0.5, 0.6) is 0 Å². The van der Waals surface area contributed by atoms with Gasteiger partial charge in [0, 0.05) is 5.69 Å². The molecule has 1 aliphatic carbocycles. The number of aliphatic hydroxyl groups is 1. The molecular weight excluding hydrogens is 250 g/mol. The topological polar surface area (TPSA) is 70.6 Å². The number of aliphatic imine (C=N–C) groups is 1. The van der Waals surface area contributed by atoms with Crippen LogP contribution in [-0.4, -0.2) is 23.2 Å². The summed E-state index contributed by atoms with van der Waals surface area (Å²) in [5.41, 5.74) is 7.49. The van der Waals surface area contributed by atoms with Gasteiger partial charge in [0.15, 0.2) is 5.96 Å². The number of anilines is 1. The Kier molecular flexibility index (Phi) is 4.65. The van der Waals surface area contributed by atoms with Gasteiger partial charge in [-0.25, -0.2) is 0 Å². The Labute approximate surface area is 121 Å². The third-order valence-electron chi connectivity index (χ3n) is 4.19. The Hall–Kier alpha value is -1.55. The first-order chi connectivity index (χ1) is 9.52. The molecule has 1 saturated carbocycles. The zero-order chi connectivity index (χ0) is 14.6. The van der Waals surface area contributed by atoms with Crippen LogP contribution in [-0.2, 0) is 0 Å². The second kappa shape index (κ2) is 6.27. The number of nitrogens with zero attached hydrogens (tertiary/aromatic N) is 1. The molecule has 1 atom stereocenters. The Morgan fingerprint density at radius 1 is 1.40 bits per heavy atom. The number of guanidine groups is 1. The third kappa shape index (κ3) is 3.73. The SMILES string of the molecule is CCC(C)c1ccc(NC(N)=NCC2(O)CCC2)cc1. The Bertz CT molecular complexity index is 463. The molecule has 1 fully saturated rings. The minimum atomic E-state index is -0.618. The van der Waals surface area contributed by atoms with Crippen LogP contribution >= 0.6 is 0 Å². The lowest BCUT2D eigenvalue weighted by molar-refractivity contribution is -0.0235. The van der Waals surface area contributed by atoms with E-state index in [1.165, 1.54) is 5.56 Å². The van der Waals surface area contributed by atoms with Gasteiger partial charge in [-0.2, -0.15) is 0 Å². The van der Waals surface area contributed by atoms with Gasteiger partial charge in [0.2, 0.25) is 0 Å². The molecule has 1 aromatic rings. The van der Waals surface area contributed by atoms with Crippen molar-refractivity contribution in [1.29, 1.82) is 0 Å². The maximum atomic E-state index is 9.96. The Balaban J connectivity index is 1.90. The van der Waals surface area contributed by atoms with Gasteiger partial charge in [-0.15, -0.1) is 0 Å².